The summed E-state index contributed by atoms with van der Waals surface area (Å²) in [5.41, 5.74) is 1.26. The number of halogens is 2. The van der Waals surface area contributed by atoms with Crippen LogP contribution in [0.4, 0.5) is 4.39 Å². The molecule has 0 aliphatic heterocycles. The highest BCUT2D eigenvalue weighted by Gasteiger charge is 2.12. The summed E-state index contributed by atoms with van der Waals surface area (Å²) >= 11 is 5.66. The Morgan fingerprint density at radius 3 is 2.80 bits per heavy atom. The second-order valence-corrected chi connectivity index (χ2v) is 3.40. The lowest BCUT2D eigenvalue weighted by molar-refractivity contribution is 0.632. The van der Waals surface area contributed by atoms with E-state index in [1.165, 1.54) is 12.3 Å². The Hall–Kier alpha value is -1.79. The van der Waals surface area contributed by atoms with Crippen LogP contribution in [-0.4, -0.2) is 4.98 Å². The number of nitrogens with zero attached hydrogens (tertiary/aromatic N) is 1. The highest BCUT2D eigenvalue weighted by molar-refractivity contribution is 6.31. The molecule has 0 amide bonds. The summed E-state index contributed by atoms with van der Waals surface area (Å²) in [6.45, 7) is 0. The number of aromatic nitrogens is 1. The van der Waals surface area contributed by atoms with Crippen molar-refractivity contribution in [2.24, 2.45) is 0 Å². The van der Waals surface area contributed by atoms with E-state index >= 15 is 0 Å². The Labute approximate surface area is 90.9 Å². The largest absolute Gasteiger partial charge is 0.366 e. The first-order valence-electron chi connectivity index (χ1n) is 4.25. The van der Waals surface area contributed by atoms with Crippen LogP contribution in [0.15, 0.2) is 30.6 Å². The molecule has 2 rings (SSSR count). The fraction of sp³-hybridized carbons (Fsp3) is 0. The van der Waals surface area contributed by atoms with Gasteiger partial charge in [0.2, 0.25) is 0 Å². The molecule has 0 aliphatic rings. The molecule has 15 heavy (non-hydrogen) atoms. The molecule has 1 aromatic heterocycles. The van der Waals surface area contributed by atoms with Crippen molar-refractivity contribution >= 4 is 11.6 Å². The first-order chi connectivity index (χ1) is 7.24. The number of hydrogen-bond donors (Lipinski definition) is 1. The molecule has 4 heteroatoms. The Bertz CT molecular complexity index is 540. The maximum atomic E-state index is 13.6. The maximum absolute atomic E-state index is 13.6. The van der Waals surface area contributed by atoms with Crippen molar-refractivity contribution in [3.05, 3.63) is 47.0 Å². The van der Waals surface area contributed by atoms with Gasteiger partial charge in [-0.3, -0.25) is 0 Å². The highest BCUT2D eigenvalue weighted by Crippen LogP contribution is 2.29. The van der Waals surface area contributed by atoms with Crippen LogP contribution in [0.5, 0.6) is 0 Å². The van der Waals surface area contributed by atoms with Gasteiger partial charge < -0.3 is 4.98 Å². The summed E-state index contributed by atoms with van der Waals surface area (Å²) in [4.78, 5) is 2.76. The Balaban J connectivity index is 2.65. The van der Waals surface area contributed by atoms with Gasteiger partial charge >= 0.3 is 0 Å². The molecule has 0 saturated heterocycles. The van der Waals surface area contributed by atoms with Gasteiger partial charge in [0.15, 0.2) is 0 Å². The maximum Gasteiger partial charge on any atom is 0.149 e. The van der Waals surface area contributed by atoms with Gasteiger partial charge in [-0.25, -0.2) is 4.39 Å². The molecule has 0 fully saturated rings. The first-order valence-corrected chi connectivity index (χ1v) is 4.63. The fourth-order valence-electron chi connectivity index (χ4n) is 1.39. The summed E-state index contributed by atoms with van der Waals surface area (Å²) in [7, 11) is 0. The van der Waals surface area contributed by atoms with Crippen LogP contribution in [0.25, 0.3) is 11.1 Å². The van der Waals surface area contributed by atoms with Gasteiger partial charge in [0, 0.05) is 23.5 Å². The minimum atomic E-state index is -0.504. The minimum Gasteiger partial charge on any atom is -0.366 e. The Morgan fingerprint density at radius 1 is 1.27 bits per heavy atom. The average Bonchev–Trinajstić information content (AvgIpc) is 2.70. The molecule has 0 aliphatic carbocycles. The topological polar surface area (TPSA) is 39.6 Å². The van der Waals surface area contributed by atoms with Crippen LogP contribution in [0, 0.1) is 17.1 Å². The van der Waals surface area contributed by atoms with E-state index in [1.807, 2.05) is 6.07 Å². The van der Waals surface area contributed by atoms with Gasteiger partial charge in [-0.05, 0) is 6.07 Å². The van der Waals surface area contributed by atoms with Gasteiger partial charge in [-0.15, -0.1) is 0 Å². The lowest BCUT2D eigenvalue weighted by Gasteiger charge is -2.02. The Kier molecular flexibility index (Phi) is 2.44. The molecule has 0 radical (unpaired) electrons. The minimum absolute atomic E-state index is 0.0533. The van der Waals surface area contributed by atoms with Crippen LogP contribution in [-0.2, 0) is 0 Å². The monoisotopic (exact) mass is 220 g/mol. The van der Waals surface area contributed by atoms with Crippen LogP contribution in [0.1, 0.15) is 5.56 Å². The molecule has 2 nitrogen and oxygen atoms in total. The van der Waals surface area contributed by atoms with Crippen molar-refractivity contribution in [2.45, 2.75) is 0 Å². The number of aromatic amines is 1. The summed E-state index contributed by atoms with van der Waals surface area (Å²) in [5.74, 6) is -0.504. The SMILES string of the molecule is N#Cc1c[nH]cc1-c1cccc(Cl)c1F. The molecule has 1 N–H and O–H groups in total. The van der Waals surface area contributed by atoms with Crippen molar-refractivity contribution in [3.63, 3.8) is 0 Å². The molecule has 1 aromatic carbocycles. The molecule has 0 saturated carbocycles. The van der Waals surface area contributed by atoms with Gasteiger partial charge in [0.1, 0.15) is 11.9 Å². The molecule has 74 valence electrons. The van der Waals surface area contributed by atoms with E-state index in [1.54, 1.807) is 18.3 Å². The van der Waals surface area contributed by atoms with E-state index in [4.69, 9.17) is 16.9 Å². The summed E-state index contributed by atoms with van der Waals surface area (Å²) in [6.07, 6.45) is 3.10. The van der Waals surface area contributed by atoms with E-state index in [-0.39, 0.29) is 5.02 Å². The molecule has 1 heterocycles. The van der Waals surface area contributed by atoms with Crippen molar-refractivity contribution in [2.75, 3.05) is 0 Å². The Morgan fingerprint density at radius 2 is 2.07 bits per heavy atom. The zero-order valence-corrected chi connectivity index (χ0v) is 8.35. The number of H-pyrrole nitrogens is 1. The van der Waals surface area contributed by atoms with Crippen molar-refractivity contribution in [1.29, 1.82) is 5.26 Å². The quantitative estimate of drug-likeness (QED) is 0.787. The standard InChI is InChI=1S/C11H6ClFN2/c12-10-3-1-2-8(11(10)13)9-6-15-5-7(9)4-14/h1-3,5-6,15H. The van der Waals surface area contributed by atoms with Crippen molar-refractivity contribution in [3.8, 4) is 17.2 Å². The lowest BCUT2D eigenvalue weighted by atomic mass is 10.1. The normalized spacial score (nSPS) is 9.93. The lowest BCUT2D eigenvalue weighted by Crippen LogP contribution is -1.85. The van der Waals surface area contributed by atoms with Crippen LogP contribution in [0.3, 0.4) is 0 Å². The zero-order chi connectivity index (χ0) is 10.8. The molecule has 2 aromatic rings. The van der Waals surface area contributed by atoms with Crippen LogP contribution in [0.2, 0.25) is 5.02 Å². The van der Waals surface area contributed by atoms with Crippen LogP contribution >= 0.6 is 11.6 Å². The molecular formula is C11H6ClFN2. The average molecular weight is 221 g/mol. The highest BCUT2D eigenvalue weighted by atomic mass is 35.5. The van der Waals surface area contributed by atoms with Gasteiger partial charge in [0.25, 0.3) is 0 Å². The third kappa shape index (κ3) is 1.60. The second kappa shape index (κ2) is 3.76. The predicted octanol–water partition coefficient (Wildman–Crippen LogP) is 3.35. The van der Waals surface area contributed by atoms with Gasteiger partial charge in [0.05, 0.1) is 10.6 Å². The van der Waals surface area contributed by atoms with E-state index in [9.17, 15) is 4.39 Å². The first kappa shape index (κ1) is 9.75. The van der Waals surface area contributed by atoms with Gasteiger partial charge in [-0.2, -0.15) is 5.26 Å². The zero-order valence-electron chi connectivity index (χ0n) is 7.59. The van der Waals surface area contributed by atoms with Gasteiger partial charge in [-0.1, -0.05) is 23.7 Å². The van der Waals surface area contributed by atoms with E-state index < -0.39 is 5.82 Å². The van der Waals surface area contributed by atoms with Crippen molar-refractivity contribution < 1.29 is 4.39 Å². The van der Waals surface area contributed by atoms with Crippen LogP contribution < -0.4 is 0 Å². The molecule has 0 unspecified atom stereocenters. The fourth-order valence-corrected chi connectivity index (χ4v) is 1.57. The second-order valence-electron chi connectivity index (χ2n) is 3.00. The number of rotatable bonds is 1. The summed E-state index contributed by atoms with van der Waals surface area (Å²) < 4.78 is 13.6. The number of hydrogen-bond acceptors (Lipinski definition) is 1. The smallest absolute Gasteiger partial charge is 0.149 e. The molecular weight excluding hydrogens is 215 g/mol. The van der Waals surface area contributed by atoms with Crippen molar-refractivity contribution in [1.82, 2.24) is 4.98 Å². The van der Waals surface area contributed by atoms with E-state index in [0.717, 1.165) is 0 Å². The third-order valence-corrected chi connectivity index (χ3v) is 2.40. The van der Waals surface area contributed by atoms with E-state index in [2.05, 4.69) is 4.98 Å². The van der Waals surface area contributed by atoms with E-state index in [0.29, 0.717) is 16.7 Å². The summed E-state index contributed by atoms with van der Waals surface area (Å²) in [5, 5.41) is 8.86. The molecule has 0 spiro atoms. The summed E-state index contributed by atoms with van der Waals surface area (Å²) in [6, 6.07) is 6.69. The molecule has 0 atom stereocenters. The predicted molar refractivity (Wildman–Crippen MR) is 55.9 cm³/mol. The number of nitriles is 1. The number of nitrogens with one attached hydrogen (secondary N) is 1. The number of benzene rings is 1. The molecule has 0 bridgehead atoms. The third-order valence-electron chi connectivity index (χ3n) is 2.11.